The van der Waals surface area contributed by atoms with Gasteiger partial charge in [0.1, 0.15) is 12.3 Å². The molecule has 234 valence electrons. The Morgan fingerprint density at radius 2 is 1.89 bits per heavy atom. The third-order valence-electron chi connectivity index (χ3n) is 8.93. The molecule has 4 aliphatic rings. The van der Waals surface area contributed by atoms with Gasteiger partial charge in [0.05, 0.1) is 31.0 Å². The Bertz CT molecular complexity index is 1550. The topological polar surface area (TPSA) is 132 Å². The van der Waals surface area contributed by atoms with Gasteiger partial charge in [-0.25, -0.2) is 0 Å². The fourth-order valence-corrected chi connectivity index (χ4v) is 6.67. The van der Waals surface area contributed by atoms with E-state index >= 15 is 0 Å². The predicted molar refractivity (Wildman–Crippen MR) is 159 cm³/mol. The van der Waals surface area contributed by atoms with E-state index in [1.54, 1.807) is 15.6 Å². The summed E-state index contributed by atoms with van der Waals surface area (Å²) in [4.78, 5) is 43.4. The number of aromatic nitrogens is 3. The van der Waals surface area contributed by atoms with Gasteiger partial charge in [0, 0.05) is 67.8 Å². The Morgan fingerprint density at radius 3 is 2.66 bits per heavy atom. The van der Waals surface area contributed by atoms with Crippen LogP contribution in [0.2, 0.25) is 0 Å². The molecular formula is C32H40N6O6. The summed E-state index contributed by atoms with van der Waals surface area (Å²) in [7, 11) is 0. The van der Waals surface area contributed by atoms with Crippen LogP contribution in [0, 0.1) is 26.2 Å². The first-order valence-corrected chi connectivity index (χ1v) is 15.3. The van der Waals surface area contributed by atoms with E-state index in [1.165, 1.54) is 0 Å². The molecule has 0 aliphatic carbocycles. The molecule has 3 aromatic rings. The second-order valence-corrected chi connectivity index (χ2v) is 12.3. The summed E-state index contributed by atoms with van der Waals surface area (Å²) in [6.07, 6.45) is 1.54. The zero-order chi connectivity index (χ0) is 30.8. The second-order valence-electron chi connectivity index (χ2n) is 12.3. The van der Waals surface area contributed by atoms with Crippen molar-refractivity contribution in [2.45, 2.75) is 58.9 Å². The van der Waals surface area contributed by atoms with Crippen molar-refractivity contribution in [1.29, 1.82) is 0 Å². The van der Waals surface area contributed by atoms with Gasteiger partial charge in [-0.1, -0.05) is 17.3 Å². The minimum atomic E-state index is -0.486. The Hall–Kier alpha value is -4.35. The molecule has 4 bridgehead atoms. The number of carbonyl (C=O) groups is 3. The average molecular weight is 605 g/mol. The van der Waals surface area contributed by atoms with Crippen LogP contribution < -0.4 is 14.8 Å². The van der Waals surface area contributed by atoms with Crippen LogP contribution in [0.3, 0.4) is 0 Å². The molecule has 0 saturated carbocycles. The smallest absolute Gasteiger partial charge is 0.244 e. The highest BCUT2D eigenvalue weighted by molar-refractivity contribution is 5.79. The molecule has 44 heavy (non-hydrogen) atoms. The second kappa shape index (κ2) is 12.3. The van der Waals surface area contributed by atoms with Crippen LogP contribution in [0.15, 0.2) is 34.9 Å². The third-order valence-corrected chi connectivity index (χ3v) is 8.93. The summed E-state index contributed by atoms with van der Waals surface area (Å²) in [5.41, 5.74) is 3.04. The maximum absolute atomic E-state index is 13.5. The molecule has 12 heteroatoms. The number of fused-ring (bicyclic) bond motifs is 11. The normalized spacial score (nSPS) is 22.2. The number of aryl methyl sites for hydroxylation is 3. The summed E-state index contributed by atoms with van der Waals surface area (Å²) in [5.74, 6) is 1.66. The summed E-state index contributed by atoms with van der Waals surface area (Å²) >= 11 is 0. The van der Waals surface area contributed by atoms with Gasteiger partial charge in [-0.05, 0) is 45.7 Å². The van der Waals surface area contributed by atoms with Gasteiger partial charge in [0.15, 0.2) is 11.5 Å². The van der Waals surface area contributed by atoms with Crippen molar-refractivity contribution in [1.82, 2.24) is 30.1 Å². The molecular weight excluding hydrogens is 564 g/mol. The number of rotatable bonds is 4. The number of hydrogen-bond donors (Lipinski definition) is 1. The average Bonchev–Trinajstić information content (AvgIpc) is 3.68. The molecule has 7 rings (SSSR count). The Balaban J connectivity index is 1.21. The van der Waals surface area contributed by atoms with Gasteiger partial charge >= 0.3 is 0 Å². The SMILES string of the molecule is Cc1cc(CC(=O)N2CCCOc3cccc4c3OC[C@@]3(CNC(=O)CCC2)CN(C(=O)Cn2nc(C)cc2C)C[C@@H]43)on1. The van der Waals surface area contributed by atoms with E-state index in [2.05, 4.69) is 15.6 Å². The standard InChI is InChI=1S/C32H40N6O6/c1-21-13-23(3)38(34-21)17-30(41)37-16-26-25-7-4-8-27-31(25)43-20-32(26,19-37)18-33-28(39)9-5-10-36(11-6-12-42-27)29(40)15-24-14-22(2)35-44-24/h4,7-8,13-14,26H,5-6,9-12,15-20H2,1-3H3,(H,33,39)/t26-,32+/m0/s1. The number of para-hydroxylation sites is 1. The van der Waals surface area contributed by atoms with Crippen molar-refractivity contribution in [3.05, 3.63) is 58.7 Å². The predicted octanol–water partition coefficient (Wildman–Crippen LogP) is 2.55. The number of ether oxygens (including phenoxy) is 2. The van der Waals surface area contributed by atoms with Crippen LogP contribution in [-0.4, -0.2) is 88.4 Å². The number of carbonyl (C=O) groups excluding carboxylic acids is 3. The van der Waals surface area contributed by atoms with Crippen molar-refractivity contribution in [3.8, 4) is 11.5 Å². The molecule has 1 fully saturated rings. The highest BCUT2D eigenvalue weighted by Crippen LogP contribution is 2.52. The largest absolute Gasteiger partial charge is 0.490 e. The summed E-state index contributed by atoms with van der Waals surface area (Å²) < 4.78 is 19.6. The Morgan fingerprint density at radius 1 is 1.05 bits per heavy atom. The first-order valence-electron chi connectivity index (χ1n) is 15.3. The molecule has 1 spiro atoms. The Kier molecular flexibility index (Phi) is 8.33. The highest BCUT2D eigenvalue weighted by Gasteiger charge is 2.53. The van der Waals surface area contributed by atoms with E-state index < -0.39 is 5.41 Å². The van der Waals surface area contributed by atoms with Gasteiger partial charge in [0.2, 0.25) is 17.7 Å². The molecule has 12 nitrogen and oxygen atoms in total. The van der Waals surface area contributed by atoms with E-state index in [-0.39, 0.29) is 43.0 Å². The molecule has 0 radical (unpaired) electrons. The van der Waals surface area contributed by atoms with Crippen molar-refractivity contribution in [3.63, 3.8) is 0 Å². The lowest BCUT2D eigenvalue weighted by molar-refractivity contribution is -0.132. The quantitative estimate of drug-likeness (QED) is 0.481. The number of hydrogen-bond acceptors (Lipinski definition) is 8. The molecule has 1 N–H and O–H groups in total. The molecule has 4 aliphatic heterocycles. The zero-order valence-corrected chi connectivity index (χ0v) is 25.6. The molecule has 2 aromatic heterocycles. The van der Waals surface area contributed by atoms with Gasteiger partial charge in [-0.15, -0.1) is 0 Å². The molecule has 3 amide bonds. The van der Waals surface area contributed by atoms with Crippen molar-refractivity contribution in [2.75, 3.05) is 45.9 Å². The van der Waals surface area contributed by atoms with Crippen LogP contribution in [0.1, 0.15) is 53.6 Å². The van der Waals surface area contributed by atoms with E-state index in [0.717, 1.165) is 22.6 Å². The molecule has 2 atom stereocenters. The fourth-order valence-electron chi connectivity index (χ4n) is 6.67. The van der Waals surface area contributed by atoms with E-state index in [0.29, 0.717) is 76.0 Å². The van der Waals surface area contributed by atoms with Gasteiger partial charge in [0.25, 0.3) is 0 Å². The molecule has 1 aromatic carbocycles. The first kappa shape index (κ1) is 29.7. The maximum Gasteiger partial charge on any atom is 0.244 e. The molecule has 1 saturated heterocycles. The molecule has 0 unspecified atom stereocenters. The van der Waals surface area contributed by atoms with Crippen LogP contribution in [-0.2, 0) is 27.3 Å². The lowest BCUT2D eigenvalue weighted by Gasteiger charge is -2.40. The summed E-state index contributed by atoms with van der Waals surface area (Å²) in [5, 5.41) is 11.5. The number of benzene rings is 1. The van der Waals surface area contributed by atoms with Crippen molar-refractivity contribution in [2.24, 2.45) is 5.41 Å². The summed E-state index contributed by atoms with van der Waals surface area (Å²) in [6, 6.07) is 9.60. The van der Waals surface area contributed by atoms with Gasteiger partial charge < -0.3 is 29.1 Å². The molecule has 6 heterocycles. The first-order chi connectivity index (χ1) is 21.2. The lowest BCUT2D eigenvalue weighted by Crippen LogP contribution is -2.48. The van der Waals surface area contributed by atoms with Crippen molar-refractivity contribution >= 4 is 17.7 Å². The lowest BCUT2D eigenvalue weighted by atomic mass is 9.73. The van der Waals surface area contributed by atoms with Gasteiger partial charge in [-0.2, -0.15) is 5.10 Å². The summed E-state index contributed by atoms with van der Waals surface area (Å²) in [6.45, 7) is 8.90. The van der Waals surface area contributed by atoms with E-state index in [4.69, 9.17) is 14.0 Å². The van der Waals surface area contributed by atoms with E-state index in [1.807, 2.05) is 49.9 Å². The highest BCUT2D eigenvalue weighted by atomic mass is 16.5. The Labute approximate surface area is 256 Å². The van der Waals surface area contributed by atoms with Crippen LogP contribution in [0.5, 0.6) is 11.5 Å². The number of likely N-dealkylation sites (tertiary alicyclic amines) is 1. The number of amides is 3. The maximum atomic E-state index is 13.5. The number of nitrogens with zero attached hydrogens (tertiary/aromatic N) is 5. The minimum absolute atomic E-state index is 0.0126. The van der Waals surface area contributed by atoms with Gasteiger partial charge in [-0.3, -0.25) is 19.1 Å². The van der Waals surface area contributed by atoms with Crippen LogP contribution in [0.4, 0.5) is 0 Å². The van der Waals surface area contributed by atoms with Crippen LogP contribution in [0.25, 0.3) is 0 Å². The monoisotopic (exact) mass is 604 g/mol. The number of nitrogens with one attached hydrogen (secondary N) is 1. The van der Waals surface area contributed by atoms with E-state index in [9.17, 15) is 14.4 Å². The van der Waals surface area contributed by atoms with Crippen molar-refractivity contribution < 1.29 is 28.4 Å². The van der Waals surface area contributed by atoms with Crippen LogP contribution >= 0.6 is 0 Å². The zero-order valence-electron chi connectivity index (χ0n) is 25.6. The third kappa shape index (κ3) is 6.15. The fraction of sp³-hybridized carbons (Fsp3) is 0.531. The minimum Gasteiger partial charge on any atom is -0.490 e.